The van der Waals surface area contributed by atoms with Crippen molar-refractivity contribution in [3.05, 3.63) is 291 Å². The van der Waals surface area contributed by atoms with Crippen LogP contribution in [0.25, 0.3) is 145 Å². The van der Waals surface area contributed by atoms with E-state index >= 15 is 0 Å². The smallest absolute Gasteiger partial charge is 0.166 e. The molecule has 0 saturated heterocycles. The highest BCUT2D eigenvalue weighted by Gasteiger charge is 2.27. The Morgan fingerprint density at radius 3 is 0.779 bits per heavy atom. The van der Waals surface area contributed by atoms with E-state index in [9.17, 15) is 63.1 Å². The lowest BCUT2D eigenvalue weighted by Gasteiger charge is -2.18. The van der Waals surface area contributed by atoms with Crippen LogP contribution >= 0.6 is 0 Å². The van der Waals surface area contributed by atoms with E-state index in [2.05, 4.69) is 82.0 Å². The van der Waals surface area contributed by atoms with E-state index in [1.54, 1.807) is 12.1 Å². The third kappa shape index (κ3) is 10.5. The molecule has 0 fully saturated rings. The van der Waals surface area contributed by atoms with Crippen LogP contribution in [0.1, 0.15) is 66.8 Å². The summed E-state index contributed by atoms with van der Waals surface area (Å²) in [5.41, 5.74) is 11.8. The summed E-state index contributed by atoms with van der Waals surface area (Å²) in [4.78, 5) is 15.8. The average Bonchev–Trinajstić information content (AvgIpc) is 1.56. The summed E-state index contributed by atoms with van der Waals surface area (Å²) in [7, 11) is 0. The molecule has 3 aromatic heterocycles. The molecule has 17 nitrogen and oxygen atoms in total. The number of nitrogens with zero attached hydrogens (tertiary/aromatic N) is 17. The summed E-state index contributed by atoms with van der Waals surface area (Å²) in [5.74, 6) is 1.01. The standard InChI is InChI=1S/C87H37N17/c88-38-50-25-61(42-92)81(62(26-50)43-93)57-16-21-76-70(34-57)71-35-58(82-63(44-94)27-51(39-89)28-64(82)45-95)17-22-77(71)103(76)75-14-8-7-13-69(75)56-15-20-80(74(33-56)87-101-85(54-9-3-1-4-10-54)100-86(102-87)55-11-5-2-6-12-55)104-78-23-18-59(83-65(46-96)29-52(40-90)30-66(83)47-97)36-72(78)73-37-60(19-24-79(73)104)84-67(48-98)31-53(41-91)32-68(84)49-99/h1-37H. The van der Waals surface area contributed by atoms with E-state index in [0.29, 0.717) is 139 Å². The highest BCUT2D eigenvalue weighted by molar-refractivity contribution is 6.14. The molecule has 0 atom stereocenters. The minimum Gasteiger partial charge on any atom is -0.309 e. The van der Waals surface area contributed by atoms with E-state index in [0.717, 1.165) is 0 Å². The zero-order valence-corrected chi connectivity index (χ0v) is 54.0. The SMILES string of the molecule is N#Cc1cc(C#N)c(-c2ccc3c(c2)c2cc(-c4c(C#N)cc(C#N)cc4C#N)ccc2n3-c2ccccc2-c2ccc(-n3c4ccc(-c5c(C#N)cc(C#N)cc5C#N)cc4c4cc(-c5c(C#N)cc(C#N)cc5C#N)ccc43)c(-c3nc(-c4ccccc4)nc(-c4ccccc4)n3)c2)c(C#N)c1. The highest BCUT2D eigenvalue weighted by atomic mass is 15.1. The summed E-state index contributed by atoms with van der Waals surface area (Å²) < 4.78 is 4.14. The van der Waals surface area contributed by atoms with Gasteiger partial charge in [-0.05, 0) is 143 Å². The van der Waals surface area contributed by atoms with E-state index < -0.39 is 0 Å². The van der Waals surface area contributed by atoms with E-state index in [1.807, 2.05) is 164 Å². The van der Waals surface area contributed by atoms with Crippen molar-refractivity contribution in [3.63, 3.8) is 0 Å². The van der Waals surface area contributed by atoms with Gasteiger partial charge < -0.3 is 9.13 Å². The van der Waals surface area contributed by atoms with Crippen molar-refractivity contribution in [2.75, 3.05) is 0 Å². The number of nitriles is 12. The molecule has 470 valence electrons. The van der Waals surface area contributed by atoms with Crippen LogP contribution in [-0.2, 0) is 0 Å². The molecule has 15 aromatic rings. The van der Waals surface area contributed by atoms with E-state index in [1.165, 1.54) is 48.5 Å². The van der Waals surface area contributed by atoms with Crippen LogP contribution < -0.4 is 0 Å². The second kappa shape index (κ2) is 25.9. The number of benzene rings is 12. The van der Waals surface area contributed by atoms with Crippen LogP contribution in [0.2, 0.25) is 0 Å². The minimum atomic E-state index is 0.101. The van der Waals surface area contributed by atoms with Crippen LogP contribution in [0.3, 0.4) is 0 Å². The molecule has 12 aromatic carbocycles. The Labute approximate surface area is 592 Å². The minimum absolute atomic E-state index is 0.101. The van der Waals surface area contributed by atoms with Gasteiger partial charge >= 0.3 is 0 Å². The largest absolute Gasteiger partial charge is 0.309 e. The van der Waals surface area contributed by atoms with Gasteiger partial charge in [0, 0.05) is 66.1 Å². The maximum absolute atomic E-state index is 10.6. The number of aromatic nitrogens is 5. The van der Waals surface area contributed by atoms with Gasteiger partial charge in [0.05, 0.1) is 173 Å². The third-order valence-electron chi connectivity index (χ3n) is 18.4. The van der Waals surface area contributed by atoms with Crippen LogP contribution in [0, 0.1) is 136 Å². The van der Waals surface area contributed by atoms with Crippen LogP contribution in [-0.4, -0.2) is 24.1 Å². The summed E-state index contributed by atoms with van der Waals surface area (Å²) in [6.07, 6.45) is 0. The highest BCUT2D eigenvalue weighted by Crippen LogP contribution is 2.46. The van der Waals surface area contributed by atoms with Crippen LogP contribution in [0.4, 0.5) is 0 Å². The lowest BCUT2D eigenvalue weighted by atomic mass is 9.91. The lowest BCUT2D eigenvalue weighted by molar-refractivity contribution is 1.06. The Balaban J connectivity index is 1.03. The van der Waals surface area contributed by atoms with Crippen molar-refractivity contribution in [1.82, 2.24) is 24.1 Å². The molecule has 0 aliphatic heterocycles. The van der Waals surface area contributed by atoms with Crippen molar-refractivity contribution in [1.29, 1.82) is 63.1 Å². The van der Waals surface area contributed by atoms with Gasteiger partial charge in [0.1, 0.15) is 0 Å². The number of fused-ring (bicyclic) bond motifs is 6. The second-order valence-corrected chi connectivity index (χ2v) is 24.0. The molecule has 0 unspecified atom stereocenters. The Bertz CT molecular complexity index is 6390. The first-order valence-corrected chi connectivity index (χ1v) is 31.8. The zero-order chi connectivity index (χ0) is 71.9. The number of para-hydroxylation sites is 1. The van der Waals surface area contributed by atoms with Crippen LogP contribution in [0.5, 0.6) is 0 Å². The topological polar surface area (TPSA) is 334 Å². The molecule has 0 N–H and O–H groups in total. The fourth-order valence-corrected chi connectivity index (χ4v) is 13.9. The normalized spacial score (nSPS) is 10.6. The van der Waals surface area contributed by atoms with Gasteiger partial charge in [-0.1, -0.05) is 109 Å². The summed E-state index contributed by atoms with van der Waals surface area (Å²) in [6, 6.07) is 92.5. The molecule has 15 rings (SSSR count). The third-order valence-corrected chi connectivity index (χ3v) is 18.4. The van der Waals surface area contributed by atoms with Crippen molar-refractivity contribution >= 4 is 43.6 Å². The van der Waals surface area contributed by atoms with Crippen LogP contribution in [0.15, 0.2) is 224 Å². The van der Waals surface area contributed by atoms with E-state index in [4.69, 9.17) is 15.0 Å². The molecular formula is C87H37N17. The number of rotatable bonds is 10. The Kier molecular flexibility index (Phi) is 15.8. The molecular weight excluding hydrogens is 1280 g/mol. The van der Waals surface area contributed by atoms with E-state index in [-0.39, 0.29) is 72.6 Å². The molecule has 0 aliphatic carbocycles. The Morgan fingerprint density at radius 1 is 0.212 bits per heavy atom. The fourth-order valence-electron chi connectivity index (χ4n) is 13.9. The Hall–Kier alpha value is -16.9. The first-order valence-electron chi connectivity index (χ1n) is 31.8. The lowest BCUT2D eigenvalue weighted by Crippen LogP contribution is -2.04. The van der Waals surface area contributed by atoms with Gasteiger partial charge in [0.15, 0.2) is 17.5 Å². The maximum Gasteiger partial charge on any atom is 0.166 e. The molecule has 0 bridgehead atoms. The molecule has 0 saturated carbocycles. The summed E-state index contributed by atoms with van der Waals surface area (Å²) in [6.45, 7) is 0. The molecule has 17 heteroatoms. The first-order chi connectivity index (χ1) is 51.0. The predicted molar refractivity (Wildman–Crippen MR) is 389 cm³/mol. The monoisotopic (exact) mass is 1320 g/mol. The molecule has 0 aliphatic rings. The summed E-state index contributed by atoms with van der Waals surface area (Å²) in [5, 5.41) is 127. The zero-order valence-electron chi connectivity index (χ0n) is 54.0. The fraction of sp³-hybridized carbons (Fsp3) is 0. The number of hydrogen-bond donors (Lipinski definition) is 0. The Morgan fingerprint density at radius 2 is 0.481 bits per heavy atom. The second-order valence-electron chi connectivity index (χ2n) is 24.0. The molecule has 0 radical (unpaired) electrons. The van der Waals surface area contributed by atoms with Gasteiger partial charge in [0.2, 0.25) is 0 Å². The molecule has 0 amide bonds. The quantitative estimate of drug-likeness (QED) is 0.123. The molecule has 3 heterocycles. The van der Waals surface area contributed by atoms with Crippen molar-refractivity contribution in [3.8, 4) is 174 Å². The van der Waals surface area contributed by atoms with Gasteiger partial charge in [-0.25, -0.2) is 15.0 Å². The van der Waals surface area contributed by atoms with Gasteiger partial charge in [-0.15, -0.1) is 0 Å². The van der Waals surface area contributed by atoms with Crippen molar-refractivity contribution in [2.24, 2.45) is 0 Å². The van der Waals surface area contributed by atoms with Gasteiger partial charge in [-0.2, -0.15) is 63.1 Å². The van der Waals surface area contributed by atoms with Gasteiger partial charge in [-0.3, -0.25) is 0 Å². The van der Waals surface area contributed by atoms with Crippen molar-refractivity contribution in [2.45, 2.75) is 0 Å². The molecule has 104 heavy (non-hydrogen) atoms. The first kappa shape index (κ1) is 63.2. The van der Waals surface area contributed by atoms with Crippen molar-refractivity contribution < 1.29 is 0 Å². The molecule has 0 spiro atoms. The average molecular weight is 1320 g/mol. The summed E-state index contributed by atoms with van der Waals surface area (Å²) >= 11 is 0. The van der Waals surface area contributed by atoms with Gasteiger partial charge in [0.25, 0.3) is 0 Å². The number of hydrogen-bond acceptors (Lipinski definition) is 15. The maximum atomic E-state index is 10.6. The predicted octanol–water partition coefficient (Wildman–Crippen LogP) is 17.9.